The van der Waals surface area contributed by atoms with Crippen LogP contribution in [0.15, 0.2) is 24.3 Å². The van der Waals surface area contributed by atoms with Gasteiger partial charge in [0.2, 0.25) is 5.91 Å². The quantitative estimate of drug-likeness (QED) is 0.767. The number of hydrogen-bond donors (Lipinski definition) is 2. The smallest absolute Gasteiger partial charge is 0.253 e. The van der Waals surface area contributed by atoms with Gasteiger partial charge < -0.3 is 15.5 Å². The highest BCUT2D eigenvalue weighted by Crippen LogP contribution is 2.13. The lowest BCUT2D eigenvalue weighted by Gasteiger charge is -2.22. The topological polar surface area (TPSA) is 61.4 Å². The van der Waals surface area contributed by atoms with E-state index in [9.17, 15) is 9.59 Å². The van der Waals surface area contributed by atoms with Crippen LogP contribution in [0.3, 0.4) is 0 Å². The van der Waals surface area contributed by atoms with Crippen LogP contribution in [0, 0.1) is 0 Å². The van der Waals surface area contributed by atoms with Gasteiger partial charge >= 0.3 is 0 Å². The van der Waals surface area contributed by atoms with Gasteiger partial charge in [0.15, 0.2) is 0 Å². The minimum Gasteiger partial charge on any atom is -0.339 e. The Balaban J connectivity index is 2.75. The number of rotatable bonds is 8. The van der Waals surface area contributed by atoms with Gasteiger partial charge in [-0.15, -0.1) is 0 Å². The number of carbonyl (C=O) groups excluding carboxylic acids is 2. The first kappa shape index (κ1) is 20.2. The van der Waals surface area contributed by atoms with Gasteiger partial charge in [-0.1, -0.05) is 19.9 Å². The van der Waals surface area contributed by atoms with Crippen LogP contribution in [-0.2, 0) is 4.79 Å². The molecule has 0 bridgehead atoms. The van der Waals surface area contributed by atoms with Crippen LogP contribution >= 0.6 is 0 Å². The molecule has 0 aliphatic carbocycles. The molecule has 5 heteroatoms. The average Bonchev–Trinajstić information content (AvgIpc) is 2.52. The number of anilines is 1. The average molecular weight is 333 g/mol. The van der Waals surface area contributed by atoms with Crippen LogP contribution in [0.25, 0.3) is 0 Å². The summed E-state index contributed by atoms with van der Waals surface area (Å²) in [5, 5.41) is 5.98. The lowest BCUT2D eigenvalue weighted by molar-refractivity contribution is -0.115. The van der Waals surface area contributed by atoms with Gasteiger partial charge in [-0.05, 0) is 51.8 Å². The van der Waals surface area contributed by atoms with E-state index < -0.39 is 0 Å². The van der Waals surface area contributed by atoms with Crippen molar-refractivity contribution >= 4 is 17.5 Å². The summed E-state index contributed by atoms with van der Waals surface area (Å²) in [6.07, 6.45) is 1.86. The van der Waals surface area contributed by atoms with E-state index in [1.165, 1.54) is 0 Å². The van der Waals surface area contributed by atoms with E-state index in [2.05, 4.69) is 24.5 Å². The molecule has 0 radical (unpaired) electrons. The molecule has 0 spiro atoms. The summed E-state index contributed by atoms with van der Waals surface area (Å²) in [4.78, 5) is 26.5. The molecule has 5 nitrogen and oxygen atoms in total. The molecule has 1 rings (SSSR count). The second kappa shape index (κ2) is 9.42. The molecule has 134 valence electrons. The van der Waals surface area contributed by atoms with Gasteiger partial charge in [-0.25, -0.2) is 0 Å². The number of benzene rings is 1. The summed E-state index contributed by atoms with van der Waals surface area (Å²) in [5.41, 5.74) is 1.14. The van der Waals surface area contributed by atoms with Crippen LogP contribution < -0.4 is 10.6 Å². The van der Waals surface area contributed by atoms with Crippen LogP contribution in [0.5, 0.6) is 0 Å². The first-order chi connectivity index (χ1) is 11.3. The second-order valence-electron chi connectivity index (χ2n) is 7.02. The Bertz CT molecular complexity index is 544. The maximum Gasteiger partial charge on any atom is 0.253 e. The Labute approximate surface area is 145 Å². The molecule has 0 fully saturated rings. The minimum absolute atomic E-state index is 0.0163. The van der Waals surface area contributed by atoms with Gasteiger partial charge in [-0.3, -0.25) is 9.59 Å². The van der Waals surface area contributed by atoms with Gasteiger partial charge in [0, 0.05) is 29.9 Å². The fourth-order valence-corrected chi connectivity index (χ4v) is 2.32. The van der Waals surface area contributed by atoms with Crippen LogP contribution in [0.4, 0.5) is 5.69 Å². The molecular formula is C19H31N3O2. The van der Waals surface area contributed by atoms with Crippen LogP contribution in [-0.4, -0.2) is 41.9 Å². The predicted octanol–water partition coefficient (Wildman–Crippen LogP) is 3.28. The molecule has 0 heterocycles. The Morgan fingerprint density at radius 3 is 2.25 bits per heavy atom. The van der Waals surface area contributed by atoms with E-state index in [0.29, 0.717) is 11.3 Å². The predicted molar refractivity (Wildman–Crippen MR) is 99.3 cm³/mol. The van der Waals surface area contributed by atoms with Crippen LogP contribution in [0.2, 0.25) is 0 Å². The van der Waals surface area contributed by atoms with Crippen molar-refractivity contribution in [1.82, 2.24) is 10.2 Å². The van der Waals surface area contributed by atoms with E-state index in [0.717, 1.165) is 25.9 Å². The highest BCUT2D eigenvalue weighted by molar-refractivity contribution is 5.97. The summed E-state index contributed by atoms with van der Waals surface area (Å²) < 4.78 is 0. The largest absolute Gasteiger partial charge is 0.339 e. The van der Waals surface area contributed by atoms with Crippen molar-refractivity contribution in [3.63, 3.8) is 0 Å². The van der Waals surface area contributed by atoms with Gasteiger partial charge in [0.25, 0.3) is 5.91 Å². The Kier molecular flexibility index (Phi) is 7.92. The zero-order chi connectivity index (χ0) is 18.2. The third kappa shape index (κ3) is 7.13. The van der Waals surface area contributed by atoms with E-state index in [-0.39, 0.29) is 23.9 Å². The highest BCUT2D eigenvalue weighted by atomic mass is 16.2. The molecule has 0 aliphatic rings. The van der Waals surface area contributed by atoms with E-state index in [4.69, 9.17) is 0 Å². The van der Waals surface area contributed by atoms with Gasteiger partial charge in [0.1, 0.15) is 0 Å². The number of carbonyl (C=O) groups is 2. The molecule has 0 unspecified atom stereocenters. The highest BCUT2D eigenvalue weighted by Gasteiger charge is 2.15. The van der Waals surface area contributed by atoms with Crippen molar-refractivity contribution in [3.05, 3.63) is 29.8 Å². The molecule has 0 saturated carbocycles. The summed E-state index contributed by atoms with van der Waals surface area (Å²) in [6, 6.07) is 7.14. The molecule has 1 aromatic rings. The summed E-state index contributed by atoms with van der Waals surface area (Å²) in [7, 11) is 0. The molecule has 0 atom stereocenters. The molecule has 0 saturated heterocycles. The molecule has 0 aromatic heterocycles. The Morgan fingerprint density at radius 2 is 1.71 bits per heavy atom. The molecule has 1 aromatic carbocycles. The first-order valence-corrected chi connectivity index (χ1v) is 8.71. The summed E-state index contributed by atoms with van der Waals surface area (Å²) >= 11 is 0. The Morgan fingerprint density at radius 1 is 1.08 bits per heavy atom. The summed E-state index contributed by atoms with van der Waals surface area (Å²) in [5.74, 6) is -0.101. The molecule has 0 aliphatic heterocycles. The zero-order valence-electron chi connectivity index (χ0n) is 15.6. The Hall–Kier alpha value is -1.88. The van der Waals surface area contributed by atoms with Crippen molar-refractivity contribution in [2.45, 2.75) is 53.0 Å². The molecule has 2 amide bonds. The van der Waals surface area contributed by atoms with Crippen molar-refractivity contribution in [1.29, 1.82) is 0 Å². The van der Waals surface area contributed by atoms with Gasteiger partial charge in [0.05, 0.1) is 6.54 Å². The van der Waals surface area contributed by atoms with Crippen molar-refractivity contribution < 1.29 is 9.59 Å². The summed E-state index contributed by atoms with van der Waals surface area (Å²) in [6.45, 7) is 11.9. The molecule has 2 N–H and O–H groups in total. The van der Waals surface area contributed by atoms with E-state index in [1.807, 2.05) is 25.7 Å². The zero-order valence-corrected chi connectivity index (χ0v) is 15.6. The SMILES string of the molecule is CCCN(CCC)C(=O)c1cccc(NC(=O)CNC(C)(C)C)c1. The lowest BCUT2D eigenvalue weighted by atomic mass is 10.1. The molecular weight excluding hydrogens is 302 g/mol. The number of nitrogens with one attached hydrogen (secondary N) is 2. The third-order valence-corrected chi connectivity index (χ3v) is 3.45. The fraction of sp³-hybridized carbons (Fsp3) is 0.579. The number of amides is 2. The molecule has 24 heavy (non-hydrogen) atoms. The van der Waals surface area contributed by atoms with E-state index >= 15 is 0 Å². The maximum absolute atomic E-state index is 12.6. The van der Waals surface area contributed by atoms with Crippen molar-refractivity contribution in [2.24, 2.45) is 0 Å². The standard InChI is InChI=1S/C19H31N3O2/c1-6-11-22(12-7-2)18(24)15-9-8-10-16(13-15)21-17(23)14-20-19(3,4)5/h8-10,13,20H,6-7,11-12,14H2,1-5H3,(H,21,23). The third-order valence-electron chi connectivity index (χ3n) is 3.45. The van der Waals surface area contributed by atoms with Crippen molar-refractivity contribution in [3.8, 4) is 0 Å². The normalized spacial score (nSPS) is 11.2. The second-order valence-corrected chi connectivity index (χ2v) is 7.02. The first-order valence-electron chi connectivity index (χ1n) is 8.71. The van der Waals surface area contributed by atoms with Gasteiger partial charge in [-0.2, -0.15) is 0 Å². The van der Waals surface area contributed by atoms with E-state index in [1.54, 1.807) is 24.3 Å². The fourth-order valence-electron chi connectivity index (χ4n) is 2.32. The maximum atomic E-state index is 12.6. The van der Waals surface area contributed by atoms with Crippen molar-refractivity contribution in [2.75, 3.05) is 25.0 Å². The number of hydrogen-bond acceptors (Lipinski definition) is 3. The number of nitrogens with zero attached hydrogens (tertiary/aromatic N) is 1. The monoisotopic (exact) mass is 333 g/mol. The minimum atomic E-state index is -0.117. The van der Waals surface area contributed by atoms with Crippen LogP contribution in [0.1, 0.15) is 57.8 Å². The lowest BCUT2D eigenvalue weighted by Crippen LogP contribution is -2.41.